The zero-order valence-electron chi connectivity index (χ0n) is 21.4. The van der Waals surface area contributed by atoms with Crippen molar-refractivity contribution in [1.82, 2.24) is 9.80 Å². The highest BCUT2D eigenvalue weighted by atomic mass is 35.5. The number of aliphatic carboxylic acids is 1. The molecule has 0 aromatic heterocycles. The average Bonchev–Trinajstić information content (AvgIpc) is 3.54. The van der Waals surface area contributed by atoms with E-state index >= 15 is 0 Å². The van der Waals surface area contributed by atoms with E-state index in [1.807, 2.05) is 62.4 Å². The minimum Gasteiger partial charge on any atom is -0.480 e. The van der Waals surface area contributed by atoms with E-state index in [0.29, 0.717) is 33.0 Å². The standard InChI is InChI=1S/C28H30Cl2N4O3S/c1-15(2)22-23(25(35)33-20(14-31)12-13-21(33)26(36)37)38-27-32-28(3,17-6-10-19(30)11-7-17)24(34(22)27)16-4-8-18(29)9-5-16/h4-11,15,20-21,24H,12-14,31H2,1-3H3,(H,36,37)/t20-,21-,24+,28-/m0/s1. The molecule has 0 spiro atoms. The fourth-order valence-corrected chi connectivity index (χ4v) is 7.45. The maximum Gasteiger partial charge on any atom is 0.326 e. The summed E-state index contributed by atoms with van der Waals surface area (Å²) in [6.07, 6.45) is 0.964. The van der Waals surface area contributed by atoms with Crippen LogP contribution in [-0.2, 0) is 15.1 Å². The number of carbonyl (C=O) groups excluding carboxylic acids is 1. The lowest BCUT2D eigenvalue weighted by Crippen LogP contribution is -2.48. The number of likely N-dealkylation sites (tertiary alicyclic amines) is 1. The van der Waals surface area contributed by atoms with Crippen LogP contribution in [0.3, 0.4) is 0 Å². The van der Waals surface area contributed by atoms with Gasteiger partial charge in [-0.1, -0.05) is 61.3 Å². The van der Waals surface area contributed by atoms with E-state index < -0.39 is 17.6 Å². The van der Waals surface area contributed by atoms with Gasteiger partial charge < -0.3 is 20.6 Å². The first kappa shape index (κ1) is 27.1. The maximum absolute atomic E-state index is 14.0. The van der Waals surface area contributed by atoms with Crippen LogP contribution in [0.4, 0.5) is 0 Å². The second-order valence-electron chi connectivity index (χ2n) is 10.4. The number of thioether (sulfide) groups is 1. The summed E-state index contributed by atoms with van der Waals surface area (Å²) in [5.41, 5.74) is 8.13. The molecule has 10 heteroatoms. The second-order valence-corrected chi connectivity index (χ2v) is 12.2. The highest BCUT2D eigenvalue weighted by molar-refractivity contribution is 8.18. The van der Waals surface area contributed by atoms with Gasteiger partial charge >= 0.3 is 5.97 Å². The third-order valence-corrected chi connectivity index (χ3v) is 9.22. The summed E-state index contributed by atoms with van der Waals surface area (Å²) >= 11 is 13.8. The normalized spacial score (nSPS) is 26.8. The quantitative estimate of drug-likeness (QED) is 0.464. The largest absolute Gasteiger partial charge is 0.480 e. The lowest BCUT2D eigenvalue weighted by Gasteiger charge is -2.37. The molecule has 0 bridgehead atoms. The number of nitrogens with zero attached hydrogens (tertiary/aromatic N) is 3. The van der Waals surface area contributed by atoms with E-state index in [1.54, 1.807) is 0 Å². The van der Waals surface area contributed by atoms with Crippen molar-refractivity contribution >= 4 is 52.0 Å². The van der Waals surface area contributed by atoms with Gasteiger partial charge in [-0.05, 0) is 72.8 Å². The van der Waals surface area contributed by atoms with E-state index in [-0.39, 0.29) is 30.5 Å². The van der Waals surface area contributed by atoms with Crippen LogP contribution in [0.1, 0.15) is 50.8 Å². The molecular weight excluding hydrogens is 543 g/mol. The molecule has 4 atom stereocenters. The molecule has 5 rings (SSSR count). The lowest BCUT2D eigenvalue weighted by molar-refractivity contribution is -0.147. The van der Waals surface area contributed by atoms with Crippen molar-refractivity contribution in [2.24, 2.45) is 16.6 Å². The fraction of sp³-hybridized carbons (Fsp3) is 0.393. The average molecular weight is 574 g/mol. The van der Waals surface area contributed by atoms with Crippen molar-refractivity contribution in [3.63, 3.8) is 0 Å². The topological polar surface area (TPSA) is 99.2 Å². The highest BCUT2D eigenvalue weighted by Gasteiger charge is 2.54. The van der Waals surface area contributed by atoms with Gasteiger partial charge in [0.25, 0.3) is 5.91 Å². The predicted molar refractivity (Wildman–Crippen MR) is 152 cm³/mol. The molecular formula is C28H30Cl2N4O3S. The smallest absolute Gasteiger partial charge is 0.326 e. The van der Waals surface area contributed by atoms with E-state index in [2.05, 4.69) is 11.8 Å². The van der Waals surface area contributed by atoms with Crippen LogP contribution in [0, 0.1) is 5.92 Å². The SMILES string of the molecule is CC(C)C1=C(C(=O)N2[C@H](CN)CC[C@H]2C(=O)O)SC2=N[C@@](C)(c3ccc(Cl)cc3)[C@@H](c3ccc(Cl)cc3)N21. The molecule has 3 N–H and O–H groups in total. The van der Waals surface area contributed by atoms with Crippen LogP contribution < -0.4 is 5.73 Å². The number of carboxylic acid groups (broad SMARTS) is 1. The Morgan fingerprint density at radius 1 is 1.11 bits per heavy atom. The zero-order valence-corrected chi connectivity index (χ0v) is 23.7. The van der Waals surface area contributed by atoms with Crippen molar-refractivity contribution < 1.29 is 14.7 Å². The number of hydrogen-bond acceptors (Lipinski definition) is 6. The van der Waals surface area contributed by atoms with Gasteiger partial charge in [0.05, 0.1) is 6.04 Å². The molecule has 38 heavy (non-hydrogen) atoms. The number of hydrogen-bond donors (Lipinski definition) is 2. The number of amides is 1. The summed E-state index contributed by atoms with van der Waals surface area (Å²) in [5, 5.41) is 11.8. The Morgan fingerprint density at radius 2 is 1.71 bits per heavy atom. The summed E-state index contributed by atoms with van der Waals surface area (Å²) in [7, 11) is 0. The number of benzene rings is 2. The molecule has 0 aliphatic carbocycles. The number of halogens is 2. The van der Waals surface area contributed by atoms with Crippen LogP contribution in [0.2, 0.25) is 10.0 Å². The monoisotopic (exact) mass is 572 g/mol. The summed E-state index contributed by atoms with van der Waals surface area (Å²) in [5.74, 6) is -1.32. The molecule has 2 aromatic rings. The molecule has 3 aliphatic rings. The Hall–Kier alpha value is -2.52. The first-order valence-electron chi connectivity index (χ1n) is 12.6. The Labute approximate surface area is 236 Å². The van der Waals surface area contributed by atoms with Gasteiger partial charge in [-0.15, -0.1) is 0 Å². The van der Waals surface area contributed by atoms with Crippen molar-refractivity contribution in [3.8, 4) is 0 Å². The van der Waals surface area contributed by atoms with Crippen LogP contribution in [0.5, 0.6) is 0 Å². The van der Waals surface area contributed by atoms with Gasteiger partial charge in [-0.3, -0.25) is 4.79 Å². The van der Waals surface area contributed by atoms with E-state index in [1.165, 1.54) is 16.7 Å². The number of carboxylic acids is 1. The Kier molecular flexibility index (Phi) is 7.28. The van der Waals surface area contributed by atoms with Gasteiger partial charge in [-0.2, -0.15) is 0 Å². The number of carbonyl (C=O) groups is 2. The van der Waals surface area contributed by atoms with Crippen molar-refractivity contribution in [2.45, 2.75) is 57.3 Å². The summed E-state index contributed by atoms with van der Waals surface area (Å²) in [4.78, 5) is 35.4. The minimum absolute atomic E-state index is 0.0290. The fourth-order valence-electron chi connectivity index (χ4n) is 5.85. The first-order valence-corrected chi connectivity index (χ1v) is 14.2. The van der Waals surface area contributed by atoms with Crippen molar-refractivity contribution in [3.05, 3.63) is 80.3 Å². The molecule has 1 fully saturated rings. The van der Waals surface area contributed by atoms with E-state index in [9.17, 15) is 14.7 Å². The third-order valence-electron chi connectivity index (χ3n) is 7.66. The van der Waals surface area contributed by atoms with Crippen LogP contribution in [0.25, 0.3) is 0 Å². The number of allylic oxidation sites excluding steroid dienone is 1. The molecule has 0 unspecified atom stereocenters. The molecule has 7 nitrogen and oxygen atoms in total. The molecule has 1 saturated heterocycles. The Balaban J connectivity index is 1.64. The molecule has 0 saturated carbocycles. The number of rotatable bonds is 6. The molecule has 2 aromatic carbocycles. The first-order chi connectivity index (χ1) is 18.1. The number of aliphatic imine (C=N–C) groups is 1. The molecule has 3 aliphatic heterocycles. The van der Waals surface area contributed by atoms with E-state index in [0.717, 1.165) is 16.8 Å². The Morgan fingerprint density at radius 3 is 2.26 bits per heavy atom. The molecule has 3 heterocycles. The number of nitrogens with two attached hydrogens (primary N) is 1. The van der Waals surface area contributed by atoms with E-state index in [4.69, 9.17) is 33.9 Å². The Bertz CT molecular complexity index is 1330. The number of amidine groups is 1. The number of fused-ring (bicyclic) bond motifs is 1. The zero-order chi connectivity index (χ0) is 27.4. The molecule has 0 radical (unpaired) electrons. The predicted octanol–water partition coefficient (Wildman–Crippen LogP) is 5.64. The van der Waals surface area contributed by atoms with Crippen LogP contribution in [0.15, 0.2) is 64.1 Å². The maximum atomic E-state index is 14.0. The second kappa shape index (κ2) is 10.2. The summed E-state index contributed by atoms with van der Waals surface area (Å²) in [6, 6.07) is 13.9. The summed E-state index contributed by atoms with van der Waals surface area (Å²) < 4.78 is 0. The van der Waals surface area contributed by atoms with Gasteiger partial charge in [0, 0.05) is 28.3 Å². The minimum atomic E-state index is -1.00. The van der Waals surface area contributed by atoms with Crippen molar-refractivity contribution in [2.75, 3.05) is 6.54 Å². The lowest BCUT2D eigenvalue weighted by atomic mass is 9.81. The highest BCUT2D eigenvalue weighted by Crippen LogP contribution is 2.56. The van der Waals surface area contributed by atoms with Crippen LogP contribution >= 0.6 is 35.0 Å². The molecule has 200 valence electrons. The van der Waals surface area contributed by atoms with Gasteiger partial charge in [0.15, 0.2) is 5.17 Å². The van der Waals surface area contributed by atoms with Crippen molar-refractivity contribution in [1.29, 1.82) is 0 Å². The van der Waals surface area contributed by atoms with Gasteiger partial charge in [0.2, 0.25) is 0 Å². The summed E-state index contributed by atoms with van der Waals surface area (Å²) in [6.45, 7) is 6.40. The molecule has 1 amide bonds. The van der Waals surface area contributed by atoms with Crippen LogP contribution in [-0.4, -0.2) is 50.6 Å². The third kappa shape index (κ3) is 4.41. The van der Waals surface area contributed by atoms with Gasteiger partial charge in [-0.25, -0.2) is 9.79 Å². The van der Waals surface area contributed by atoms with Gasteiger partial charge in [0.1, 0.15) is 16.5 Å².